The van der Waals surface area contributed by atoms with Gasteiger partial charge in [-0.3, -0.25) is 0 Å². The Morgan fingerprint density at radius 2 is 1.94 bits per heavy atom. The van der Waals surface area contributed by atoms with E-state index in [0.717, 1.165) is 31.9 Å². The van der Waals surface area contributed by atoms with E-state index in [1.165, 1.54) is 6.07 Å². The first-order valence-electron chi connectivity index (χ1n) is 5.54. The van der Waals surface area contributed by atoms with Gasteiger partial charge in [0.2, 0.25) is 0 Å². The third-order valence-corrected chi connectivity index (χ3v) is 3.08. The Kier molecular flexibility index (Phi) is 3.16. The van der Waals surface area contributed by atoms with Crippen LogP contribution in [0.5, 0.6) is 0 Å². The van der Waals surface area contributed by atoms with Crippen molar-refractivity contribution in [2.75, 3.05) is 43.9 Å². The quantitative estimate of drug-likeness (QED) is 0.737. The molecule has 5 heteroatoms. The molecule has 0 radical (unpaired) electrons. The van der Waals surface area contributed by atoms with Gasteiger partial charge in [0, 0.05) is 26.2 Å². The van der Waals surface area contributed by atoms with Crippen LogP contribution in [0.15, 0.2) is 12.1 Å². The number of benzene rings is 1. The van der Waals surface area contributed by atoms with Gasteiger partial charge in [-0.15, -0.1) is 0 Å². The number of nitriles is 1. The first kappa shape index (κ1) is 11.7. The van der Waals surface area contributed by atoms with Gasteiger partial charge in [-0.2, -0.15) is 5.26 Å². The normalized spacial score (nSPS) is 16.9. The summed E-state index contributed by atoms with van der Waals surface area (Å²) in [6.07, 6.45) is 0. The lowest BCUT2D eigenvalue weighted by atomic mass is 10.1. The van der Waals surface area contributed by atoms with E-state index in [4.69, 9.17) is 11.0 Å². The molecule has 90 valence electrons. The van der Waals surface area contributed by atoms with Crippen LogP contribution in [0, 0.1) is 17.1 Å². The summed E-state index contributed by atoms with van der Waals surface area (Å²) in [6.45, 7) is 3.52. The van der Waals surface area contributed by atoms with Crippen LogP contribution < -0.4 is 10.6 Å². The van der Waals surface area contributed by atoms with Crippen LogP contribution in [-0.2, 0) is 0 Å². The number of nitrogen functional groups attached to an aromatic ring is 1. The van der Waals surface area contributed by atoms with Crippen LogP contribution in [0.1, 0.15) is 5.56 Å². The minimum atomic E-state index is -0.528. The summed E-state index contributed by atoms with van der Waals surface area (Å²) in [6, 6.07) is 4.79. The number of nitrogens with two attached hydrogens (primary N) is 1. The summed E-state index contributed by atoms with van der Waals surface area (Å²) in [5.41, 5.74) is 6.74. The molecule has 1 fully saturated rings. The molecule has 0 aromatic heterocycles. The molecule has 2 rings (SSSR count). The molecule has 0 atom stereocenters. The van der Waals surface area contributed by atoms with E-state index in [0.29, 0.717) is 5.56 Å². The molecule has 0 aliphatic carbocycles. The molecule has 0 amide bonds. The Balaban J connectivity index is 2.32. The van der Waals surface area contributed by atoms with E-state index in [-0.39, 0.29) is 5.69 Å². The summed E-state index contributed by atoms with van der Waals surface area (Å²) in [5, 5.41) is 9.02. The largest absolute Gasteiger partial charge is 0.396 e. The molecule has 1 aliphatic heterocycles. The molecule has 0 unspecified atom stereocenters. The van der Waals surface area contributed by atoms with E-state index >= 15 is 0 Å². The highest BCUT2D eigenvalue weighted by atomic mass is 19.1. The van der Waals surface area contributed by atoms with Crippen LogP contribution in [0.25, 0.3) is 0 Å². The average molecular weight is 234 g/mol. The van der Waals surface area contributed by atoms with Crippen molar-refractivity contribution in [1.82, 2.24) is 4.90 Å². The Labute approximate surface area is 100 Å². The van der Waals surface area contributed by atoms with Crippen LogP contribution in [0.4, 0.5) is 15.8 Å². The van der Waals surface area contributed by atoms with Gasteiger partial charge < -0.3 is 15.5 Å². The van der Waals surface area contributed by atoms with Crippen molar-refractivity contribution in [3.63, 3.8) is 0 Å². The van der Waals surface area contributed by atoms with Gasteiger partial charge in [0.1, 0.15) is 11.9 Å². The summed E-state index contributed by atoms with van der Waals surface area (Å²) >= 11 is 0. The first-order chi connectivity index (χ1) is 8.11. The van der Waals surface area contributed by atoms with Crippen molar-refractivity contribution >= 4 is 11.4 Å². The summed E-state index contributed by atoms with van der Waals surface area (Å²) in [7, 11) is 2.06. The zero-order chi connectivity index (χ0) is 12.4. The fraction of sp³-hybridized carbons (Fsp3) is 0.417. The maximum Gasteiger partial charge on any atom is 0.147 e. The Hall–Kier alpha value is -1.80. The molecule has 1 heterocycles. The van der Waals surface area contributed by atoms with Crippen molar-refractivity contribution < 1.29 is 4.39 Å². The third-order valence-electron chi connectivity index (χ3n) is 3.08. The van der Waals surface area contributed by atoms with Crippen molar-refractivity contribution in [2.45, 2.75) is 0 Å². The molecule has 1 aliphatic rings. The second kappa shape index (κ2) is 4.60. The molecule has 1 aromatic carbocycles. The Bertz CT molecular complexity index is 458. The number of hydrogen-bond acceptors (Lipinski definition) is 4. The monoisotopic (exact) mass is 234 g/mol. The lowest BCUT2D eigenvalue weighted by Gasteiger charge is -2.34. The fourth-order valence-electron chi connectivity index (χ4n) is 1.98. The average Bonchev–Trinajstić information content (AvgIpc) is 2.33. The standard InChI is InChI=1S/C12H15FN4/c1-16-2-4-17(5-3-16)12-7-11(15)10(13)6-9(12)8-14/h6-7H,2-5,15H2,1H3. The molecule has 17 heavy (non-hydrogen) atoms. The molecule has 0 saturated carbocycles. The predicted molar refractivity (Wildman–Crippen MR) is 65.2 cm³/mol. The number of piperazine rings is 1. The van der Waals surface area contributed by atoms with Gasteiger partial charge in [0.15, 0.2) is 0 Å². The van der Waals surface area contributed by atoms with E-state index in [2.05, 4.69) is 16.8 Å². The summed E-state index contributed by atoms with van der Waals surface area (Å²) in [4.78, 5) is 4.30. The highest BCUT2D eigenvalue weighted by Gasteiger charge is 2.18. The van der Waals surface area contributed by atoms with Crippen LogP contribution in [-0.4, -0.2) is 38.1 Å². The van der Waals surface area contributed by atoms with Gasteiger partial charge in [-0.1, -0.05) is 0 Å². The lowest BCUT2D eigenvalue weighted by Crippen LogP contribution is -2.44. The number of likely N-dealkylation sites (N-methyl/N-ethyl adjacent to an activating group) is 1. The van der Waals surface area contributed by atoms with Gasteiger partial charge in [0.05, 0.1) is 16.9 Å². The van der Waals surface area contributed by atoms with Crippen LogP contribution >= 0.6 is 0 Å². The van der Waals surface area contributed by atoms with Crippen molar-refractivity contribution in [3.05, 3.63) is 23.5 Å². The predicted octanol–water partition coefficient (Wildman–Crippen LogP) is 1.03. The van der Waals surface area contributed by atoms with Crippen molar-refractivity contribution in [3.8, 4) is 6.07 Å². The number of nitrogens with zero attached hydrogens (tertiary/aromatic N) is 3. The smallest absolute Gasteiger partial charge is 0.147 e. The van der Waals surface area contributed by atoms with Crippen molar-refractivity contribution in [2.24, 2.45) is 0 Å². The third kappa shape index (κ3) is 2.32. The minimum Gasteiger partial charge on any atom is -0.396 e. The highest BCUT2D eigenvalue weighted by Crippen LogP contribution is 2.26. The first-order valence-corrected chi connectivity index (χ1v) is 5.54. The highest BCUT2D eigenvalue weighted by molar-refractivity contribution is 5.66. The van der Waals surface area contributed by atoms with Gasteiger partial charge in [-0.05, 0) is 19.2 Å². The summed E-state index contributed by atoms with van der Waals surface area (Å²) in [5.74, 6) is -0.528. The fourth-order valence-corrected chi connectivity index (χ4v) is 1.98. The molecule has 1 saturated heterocycles. The molecule has 0 bridgehead atoms. The summed E-state index contributed by atoms with van der Waals surface area (Å²) < 4.78 is 13.3. The SMILES string of the molecule is CN1CCN(c2cc(N)c(F)cc2C#N)CC1. The van der Waals surface area contributed by atoms with E-state index in [9.17, 15) is 4.39 Å². The molecular weight excluding hydrogens is 219 g/mol. The molecule has 0 spiro atoms. The molecule has 2 N–H and O–H groups in total. The number of halogens is 1. The van der Waals surface area contributed by atoms with E-state index < -0.39 is 5.82 Å². The number of rotatable bonds is 1. The topological polar surface area (TPSA) is 56.3 Å². The van der Waals surface area contributed by atoms with Gasteiger partial charge in [0.25, 0.3) is 0 Å². The zero-order valence-electron chi connectivity index (χ0n) is 9.78. The second-order valence-electron chi connectivity index (χ2n) is 4.29. The number of hydrogen-bond donors (Lipinski definition) is 1. The van der Waals surface area contributed by atoms with Crippen molar-refractivity contribution in [1.29, 1.82) is 5.26 Å². The van der Waals surface area contributed by atoms with E-state index in [1.807, 2.05) is 6.07 Å². The van der Waals surface area contributed by atoms with E-state index in [1.54, 1.807) is 6.07 Å². The van der Waals surface area contributed by atoms with Gasteiger partial charge in [-0.25, -0.2) is 4.39 Å². The minimum absolute atomic E-state index is 0.0953. The maximum absolute atomic E-state index is 13.3. The van der Waals surface area contributed by atoms with Gasteiger partial charge >= 0.3 is 0 Å². The van der Waals surface area contributed by atoms with Crippen LogP contribution in [0.3, 0.4) is 0 Å². The second-order valence-corrected chi connectivity index (χ2v) is 4.29. The zero-order valence-corrected chi connectivity index (χ0v) is 9.78. The molecule has 1 aromatic rings. The van der Waals surface area contributed by atoms with Crippen LogP contribution in [0.2, 0.25) is 0 Å². The lowest BCUT2D eigenvalue weighted by molar-refractivity contribution is 0.313. The maximum atomic E-state index is 13.3. The molecular formula is C12H15FN4. The Morgan fingerprint density at radius 1 is 1.29 bits per heavy atom. The molecule has 4 nitrogen and oxygen atoms in total. The Morgan fingerprint density at radius 3 is 2.53 bits per heavy atom. The number of anilines is 2.